The van der Waals surface area contributed by atoms with E-state index < -0.39 is 0 Å². The number of rotatable bonds is 5. The average Bonchev–Trinajstić information content (AvgIpc) is 2.75. The molecule has 7 heteroatoms. The third-order valence-corrected chi connectivity index (χ3v) is 3.61. The Morgan fingerprint density at radius 2 is 2.17 bits per heavy atom. The lowest BCUT2D eigenvalue weighted by molar-refractivity contribution is 0.285. The average molecular weight is 286 g/mol. The van der Waals surface area contributed by atoms with Crippen molar-refractivity contribution in [3.05, 3.63) is 27.6 Å². The van der Waals surface area contributed by atoms with Crippen molar-refractivity contribution in [2.75, 3.05) is 13.7 Å². The maximum atomic E-state index is 5.87. The van der Waals surface area contributed by atoms with E-state index in [2.05, 4.69) is 15.0 Å². The second-order valence-electron chi connectivity index (χ2n) is 3.46. The number of halogens is 1. The van der Waals surface area contributed by atoms with Crippen LogP contribution in [-0.4, -0.2) is 28.7 Å². The molecule has 0 saturated heterocycles. The quantitative estimate of drug-likeness (QED) is 0.790. The summed E-state index contributed by atoms with van der Waals surface area (Å²) in [5, 5.41) is 0.247. The number of hydrogen-bond donors (Lipinski definition) is 0. The molecule has 0 spiro atoms. The molecule has 2 aromatic heterocycles. The van der Waals surface area contributed by atoms with Gasteiger partial charge >= 0.3 is 0 Å². The van der Waals surface area contributed by atoms with Gasteiger partial charge in [-0.1, -0.05) is 11.6 Å². The van der Waals surface area contributed by atoms with Crippen LogP contribution in [-0.2, 0) is 6.42 Å². The zero-order valence-corrected chi connectivity index (χ0v) is 11.6. The molecule has 18 heavy (non-hydrogen) atoms. The van der Waals surface area contributed by atoms with Crippen LogP contribution < -0.4 is 9.47 Å². The fraction of sp³-hybridized carbons (Fsp3) is 0.364. The largest absolute Gasteiger partial charge is 0.489 e. The summed E-state index contributed by atoms with van der Waals surface area (Å²) in [6.07, 6.45) is 2.12. The molecule has 0 fully saturated rings. The number of ether oxygens (including phenoxy) is 2. The summed E-state index contributed by atoms with van der Waals surface area (Å²) in [4.78, 5) is 13.2. The first-order chi connectivity index (χ1) is 8.72. The number of aromatic nitrogens is 3. The molecule has 0 bridgehead atoms. The van der Waals surface area contributed by atoms with Crippen LogP contribution in [0.2, 0.25) is 5.15 Å². The van der Waals surface area contributed by atoms with E-state index in [4.69, 9.17) is 21.1 Å². The van der Waals surface area contributed by atoms with Crippen LogP contribution in [0.1, 0.15) is 10.6 Å². The van der Waals surface area contributed by atoms with E-state index in [1.165, 1.54) is 18.3 Å². The van der Waals surface area contributed by atoms with Crippen LogP contribution in [0.5, 0.6) is 11.6 Å². The summed E-state index contributed by atoms with van der Waals surface area (Å²) in [6, 6.07) is 0. The topological polar surface area (TPSA) is 57.1 Å². The van der Waals surface area contributed by atoms with Gasteiger partial charge in [-0.05, 0) is 6.92 Å². The Kier molecular flexibility index (Phi) is 4.33. The lowest BCUT2D eigenvalue weighted by atomic mass is 10.3. The smallest absolute Gasteiger partial charge is 0.261 e. The zero-order valence-electron chi connectivity index (χ0n) is 10.0. The molecule has 2 aromatic rings. The summed E-state index contributed by atoms with van der Waals surface area (Å²) in [6.45, 7) is 2.47. The first-order valence-corrected chi connectivity index (χ1v) is 6.54. The van der Waals surface area contributed by atoms with Crippen molar-refractivity contribution < 1.29 is 9.47 Å². The molecule has 0 aliphatic carbocycles. The SMILES string of the molecule is COc1c(Cl)ncnc1OCCc1scnc1C. The molecule has 0 amide bonds. The van der Waals surface area contributed by atoms with Crippen molar-refractivity contribution in [1.82, 2.24) is 15.0 Å². The molecule has 0 unspecified atom stereocenters. The molecule has 0 aromatic carbocycles. The van der Waals surface area contributed by atoms with E-state index in [0.29, 0.717) is 18.2 Å². The second-order valence-corrected chi connectivity index (χ2v) is 4.76. The molecule has 0 atom stereocenters. The molecule has 2 heterocycles. The van der Waals surface area contributed by atoms with Crippen molar-refractivity contribution in [3.63, 3.8) is 0 Å². The summed E-state index contributed by atoms with van der Waals surface area (Å²) in [5.41, 5.74) is 2.86. The van der Waals surface area contributed by atoms with Crippen molar-refractivity contribution in [2.45, 2.75) is 13.3 Å². The molecule has 0 N–H and O–H groups in total. The zero-order chi connectivity index (χ0) is 13.0. The van der Waals surface area contributed by atoms with Crippen LogP contribution in [0, 0.1) is 6.92 Å². The van der Waals surface area contributed by atoms with Gasteiger partial charge in [0, 0.05) is 11.3 Å². The van der Waals surface area contributed by atoms with E-state index in [1.807, 2.05) is 12.4 Å². The minimum Gasteiger partial charge on any atom is -0.489 e. The van der Waals surface area contributed by atoms with E-state index in [9.17, 15) is 0 Å². The lowest BCUT2D eigenvalue weighted by Gasteiger charge is -2.09. The third kappa shape index (κ3) is 2.88. The summed E-state index contributed by atoms with van der Waals surface area (Å²) in [7, 11) is 1.50. The van der Waals surface area contributed by atoms with Crippen molar-refractivity contribution in [1.29, 1.82) is 0 Å². The van der Waals surface area contributed by atoms with Crippen molar-refractivity contribution in [3.8, 4) is 11.6 Å². The third-order valence-electron chi connectivity index (χ3n) is 2.34. The van der Waals surface area contributed by atoms with Gasteiger partial charge in [0.1, 0.15) is 6.33 Å². The first-order valence-electron chi connectivity index (χ1n) is 5.28. The molecule has 0 saturated carbocycles. The first kappa shape index (κ1) is 13.0. The number of nitrogens with zero attached hydrogens (tertiary/aromatic N) is 3. The van der Waals surface area contributed by atoms with E-state index >= 15 is 0 Å². The Labute approximate surface area is 114 Å². The number of thiazole rings is 1. The Balaban J connectivity index is 1.98. The highest BCUT2D eigenvalue weighted by Crippen LogP contribution is 2.30. The number of hydrogen-bond acceptors (Lipinski definition) is 6. The van der Waals surface area contributed by atoms with Gasteiger partial charge in [0.15, 0.2) is 5.15 Å². The molecule has 5 nitrogen and oxygen atoms in total. The van der Waals surface area contributed by atoms with E-state index in [-0.39, 0.29) is 5.15 Å². The van der Waals surface area contributed by atoms with Crippen molar-refractivity contribution in [2.24, 2.45) is 0 Å². The van der Waals surface area contributed by atoms with Crippen LogP contribution in [0.4, 0.5) is 0 Å². The minimum absolute atomic E-state index is 0.247. The molecular formula is C11H12ClN3O2S. The van der Waals surface area contributed by atoms with Gasteiger partial charge in [-0.3, -0.25) is 0 Å². The Hall–Kier alpha value is -1.40. The van der Waals surface area contributed by atoms with Crippen LogP contribution >= 0.6 is 22.9 Å². The van der Waals surface area contributed by atoms with E-state index in [0.717, 1.165) is 12.1 Å². The number of aryl methyl sites for hydroxylation is 1. The number of methoxy groups -OCH3 is 1. The summed E-state index contributed by atoms with van der Waals surface area (Å²) >= 11 is 7.49. The summed E-state index contributed by atoms with van der Waals surface area (Å²) in [5.74, 6) is 0.722. The standard InChI is InChI=1S/C11H12ClN3O2S/c1-7-8(18-6-15-7)3-4-17-11-9(16-2)10(12)13-5-14-11/h5-6H,3-4H2,1-2H3. The highest BCUT2D eigenvalue weighted by Gasteiger charge is 2.11. The highest BCUT2D eigenvalue weighted by atomic mass is 35.5. The van der Waals surface area contributed by atoms with Crippen LogP contribution in [0.15, 0.2) is 11.8 Å². The van der Waals surface area contributed by atoms with Gasteiger partial charge in [0.2, 0.25) is 5.75 Å². The molecule has 0 radical (unpaired) electrons. The molecular weight excluding hydrogens is 274 g/mol. The highest BCUT2D eigenvalue weighted by molar-refractivity contribution is 7.09. The Bertz CT molecular complexity index is 533. The van der Waals surface area contributed by atoms with Gasteiger partial charge in [0.05, 0.1) is 24.9 Å². The monoisotopic (exact) mass is 285 g/mol. The molecule has 96 valence electrons. The Morgan fingerprint density at radius 1 is 1.33 bits per heavy atom. The predicted molar refractivity (Wildman–Crippen MR) is 69.6 cm³/mol. The molecule has 0 aliphatic heterocycles. The summed E-state index contributed by atoms with van der Waals surface area (Å²) < 4.78 is 10.7. The van der Waals surface area contributed by atoms with Crippen LogP contribution in [0.25, 0.3) is 0 Å². The fourth-order valence-corrected chi connectivity index (χ4v) is 2.38. The van der Waals surface area contributed by atoms with Crippen molar-refractivity contribution >= 4 is 22.9 Å². The van der Waals surface area contributed by atoms with Crippen LogP contribution in [0.3, 0.4) is 0 Å². The molecule has 0 aliphatic rings. The second kappa shape index (κ2) is 5.97. The lowest BCUT2D eigenvalue weighted by Crippen LogP contribution is -2.04. The van der Waals surface area contributed by atoms with Gasteiger partial charge in [-0.15, -0.1) is 11.3 Å². The minimum atomic E-state index is 0.247. The van der Waals surface area contributed by atoms with Gasteiger partial charge in [-0.2, -0.15) is 4.98 Å². The Morgan fingerprint density at radius 3 is 2.83 bits per heavy atom. The molecule has 2 rings (SSSR count). The van der Waals surface area contributed by atoms with Gasteiger partial charge in [-0.25, -0.2) is 9.97 Å². The van der Waals surface area contributed by atoms with Gasteiger partial charge < -0.3 is 9.47 Å². The van der Waals surface area contributed by atoms with E-state index in [1.54, 1.807) is 11.3 Å². The fourth-order valence-electron chi connectivity index (χ4n) is 1.42. The van der Waals surface area contributed by atoms with Gasteiger partial charge in [0.25, 0.3) is 5.88 Å². The predicted octanol–water partition coefficient (Wildman–Crippen LogP) is 2.53. The normalized spacial score (nSPS) is 10.4. The maximum Gasteiger partial charge on any atom is 0.261 e. The maximum absolute atomic E-state index is 5.87.